The Kier molecular flexibility index (Phi) is 4.17. The predicted molar refractivity (Wildman–Crippen MR) is 98.2 cm³/mol. The molecule has 2 aromatic rings. The highest BCUT2D eigenvalue weighted by atomic mass is 16.5. The van der Waals surface area contributed by atoms with E-state index in [0.29, 0.717) is 18.8 Å². The van der Waals surface area contributed by atoms with Gasteiger partial charge in [0.1, 0.15) is 5.75 Å². The lowest BCUT2D eigenvalue weighted by atomic mass is 9.90. The Bertz CT molecular complexity index is 879. The van der Waals surface area contributed by atoms with Gasteiger partial charge >= 0.3 is 5.97 Å². The molecule has 1 saturated carbocycles. The summed E-state index contributed by atoms with van der Waals surface area (Å²) in [4.78, 5) is 25.8. The number of methoxy groups -OCH3 is 1. The van der Waals surface area contributed by atoms with Crippen molar-refractivity contribution in [1.29, 1.82) is 0 Å². The second-order valence-corrected chi connectivity index (χ2v) is 7.53. The number of carboxylic acid groups (broad SMARTS) is 1. The van der Waals surface area contributed by atoms with Crippen LogP contribution in [0.4, 0.5) is 0 Å². The van der Waals surface area contributed by atoms with Crippen molar-refractivity contribution in [2.45, 2.75) is 26.2 Å². The lowest BCUT2D eigenvalue weighted by Crippen LogP contribution is -2.40. The maximum atomic E-state index is 12.9. The minimum absolute atomic E-state index is 0.0824. The SMILES string of the molecule is COc1ccc(-n2nc(C(=O)N3CCC4(CC3)CC4C(=O)O)cc2C)cc1. The molecule has 1 unspecified atom stereocenters. The van der Waals surface area contributed by atoms with Crippen molar-refractivity contribution in [3.8, 4) is 11.4 Å². The van der Waals surface area contributed by atoms with Crippen molar-refractivity contribution in [1.82, 2.24) is 14.7 Å². The summed E-state index contributed by atoms with van der Waals surface area (Å²) in [6.07, 6.45) is 2.26. The summed E-state index contributed by atoms with van der Waals surface area (Å²) in [5, 5.41) is 13.7. The summed E-state index contributed by atoms with van der Waals surface area (Å²) in [5.74, 6) is -0.260. The highest BCUT2D eigenvalue weighted by Gasteiger charge is 2.59. The van der Waals surface area contributed by atoms with Crippen LogP contribution in [0.15, 0.2) is 30.3 Å². The van der Waals surface area contributed by atoms with Crippen molar-refractivity contribution < 1.29 is 19.4 Å². The number of aliphatic carboxylic acids is 1. The van der Waals surface area contributed by atoms with Gasteiger partial charge in [-0.3, -0.25) is 9.59 Å². The lowest BCUT2D eigenvalue weighted by Gasteiger charge is -2.32. The molecular formula is C20H23N3O4. The van der Waals surface area contributed by atoms with E-state index in [4.69, 9.17) is 4.74 Å². The maximum absolute atomic E-state index is 12.9. The summed E-state index contributed by atoms with van der Waals surface area (Å²) >= 11 is 0. The van der Waals surface area contributed by atoms with Crippen LogP contribution in [0.1, 0.15) is 35.4 Å². The number of hydrogen-bond acceptors (Lipinski definition) is 4. The number of carbonyl (C=O) groups excluding carboxylic acids is 1. The number of carbonyl (C=O) groups is 2. The van der Waals surface area contributed by atoms with Gasteiger partial charge in [-0.2, -0.15) is 5.10 Å². The number of nitrogens with zero attached hydrogens (tertiary/aromatic N) is 3. The largest absolute Gasteiger partial charge is 0.497 e. The fraction of sp³-hybridized carbons (Fsp3) is 0.450. The topological polar surface area (TPSA) is 84.7 Å². The van der Waals surface area contributed by atoms with Crippen LogP contribution in [0.5, 0.6) is 5.75 Å². The Morgan fingerprint density at radius 2 is 1.89 bits per heavy atom. The lowest BCUT2D eigenvalue weighted by molar-refractivity contribution is -0.139. The molecule has 7 heteroatoms. The first kappa shape index (κ1) is 17.6. The molecule has 27 heavy (non-hydrogen) atoms. The average molecular weight is 369 g/mol. The molecule has 1 amide bonds. The molecule has 2 fully saturated rings. The molecule has 1 spiro atoms. The van der Waals surface area contributed by atoms with E-state index in [9.17, 15) is 14.7 Å². The molecule has 1 saturated heterocycles. The summed E-state index contributed by atoms with van der Waals surface area (Å²) in [5.41, 5.74) is 2.09. The molecular weight excluding hydrogens is 346 g/mol. The van der Waals surface area contributed by atoms with Gasteiger partial charge in [-0.05, 0) is 61.9 Å². The first-order valence-electron chi connectivity index (χ1n) is 9.17. The van der Waals surface area contributed by atoms with Gasteiger partial charge in [0.15, 0.2) is 5.69 Å². The first-order chi connectivity index (χ1) is 12.9. The molecule has 0 bridgehead atoms. The van der Waals surface area contributed by atoms with Gasteiger partial charge in [-0.25, -0.2) is 4.68 Å². The summed E-state index contributed by atoms with van der Waals surface area (Å²) in [6.45, 7) is 3.11. The third-order valence-corrected chi connectivity index (χ3v) is 5.96. The van der Waals surface area contributed by atoms with Gasteiger partial charge in [0.05, 0.1) is 18.7 Å². The number of piperidine rings is 1. The van der Waals surface area contributed by atoms with Gasteiger partial charge in [0.25, 0.3) is 5.91 Å². The number of ether oxygens (including phenoxy) is 1. The van der Waals surface area contributed by atoms with Crippen LogP contribution in [0.3, 0.4) is 0 Å². The maximum Gasteiger partial charge on any atom is 0.307 e. The van der Waals surface area contributed by atoms with Gasteiger partial charge < -0.3 is 14.7 Å². The van der Waals surface area contributed by atoms with Gasteiger partial charge in [-0.1, -0.05) is 0 Å². The van der Waals surface area contributed by atoms with E-state index in [0.717, 1.165) is 36.4 Å². The number of rotatable bonds is 4. The molecule has 1 atom stereocenters. The molecule has 1 aromatic carbocycles. The van der Waals surface area contributed by atoms with Crippen LogP contribution < -0.4 is 4.74 Å². The number of benzene rings is 1. The molecule has 142 valence electrons. The van der Waals surface area contributed by atoms with E-state index in [1.54, 1.807) is 22.8 Å². The normalized spacial score (nSPS) is 20.5. The monoisotopic (exact) mass is 369 g/mol. The molecule has 1 aromatic heterocycles. The average Bonchev–Trinajstić information content (AvgIpc) is 3.24. The number of aromatic nitrogens is 2. The second kappa shape index (κ2) is 6.40. The zero-order valence-corrected chi connectivity index (χ0v) is 15.5. The zero-order valence-electron chi connectivity index (χ0n) is 15.5. The fourth-order valence-corrected chi connectivity index (χ4v) is 4.13. The first-order valence-corrected chi connectivity index (χ1v) is 9.17. The van der Waals surface area contributed by atoms with E-state index in [1.807, 2.05) is 31.2 Å². The Hall–Kier alpha value is -2.83. The Labute approximate surface area is 157 Å². The van der Waals surface area contributed by atoms with Crippen LogP contribution in [0.25, 0.3) is 5.69 Å². The van der Waals surface area contributed by atoms with Gasteiger partial charge in [-0.15, -0.1) is 0 Å². The fourth-order valence-electron chi connectivity index (χ4n) is 4.13. The van der Waals surface area contributed by atoms with E-state index >= 15 is 0 Å². The molecule has 7 nitrogen and oxygen atoms in total. The summed E-state index contributed by atoms with van der Waals surface area (Å²) in [6, 6.07) is 9.31. The molecule has 1 N–H and O–H groups in total. The zero-order chi connectivity index (χ0) is 19.2. The number of aryl methyl sites for hydroxylation is 1. The van der Waals surface area contributed by atoms with E-state index in [2.05, 4.69) is 5.10 Å². The second-order valence-electron chi connectivity index (χ2n) is 7.53. The van der Waals surface area contributed by atoms with Crippen LogP contribution in [-0.2, 0) is 4.79 Å². The number of carboxylic acids is 1. The van der Waals surface area contributed by atoms with Crippen LogP contribution in [0, 0.1) is 18.3 Å². The number of likely N-dealkylation sites (tertiary alicyclic amines) is 1. The molecule has 2 aliphatic rings. The molecule has 0 radical (unpaired) electrons. The molecule has 2 heterocycles. The highest BCUT2D eigenvalue weighted by Crippen LogP contribution is 2.59. The van der Waals surface area contributed by atoms with Crippen molar-refractivity contribution >= 4 is 11.9 Å². The predicted octanol–water partition coefficient (Wildman–Crippen LogP) is 2.52. The van der Waals surface area contributed by atoms with Crippen LogP contribution in [-0.4, -0.2) is 51.9 Å². The number of hydrogen-bond donors (Lipinski definition) is 1. The molecule has 4 rings (SSSR count). The molecule has 1 aliphatic heterocycles. The number of amides is 1. The quantitative estimate of drug-likeness (QED) is 0.895. The summed E-state index contributed by atoms with van der Waals surface area (Å²) < 4.78 is 6.92. The van der Waals surface area contributed by atoms with E-state index in [-0.39, 0.29) is 17.2 Å². The summed E-state index contributed by atoms with van der Waals surface area (Å²) in [7, 11) is 1.62. The minimum atomic E-state index is -0.705. The van der Waals surface area contributed by atoms with Crippen molar-refractivity contribution in [3.05, 3.63) is 41.7 Å². The third-order valence-electron chi connectivity index (χ3n) is 5.96. The van der Waals surface area contributed by atoms with Crippen molar-refractivity contribution in [2.24, 2.45) is 11.3 Å². The third kappa shape index (κ3) is 3.07. The van der Waals surface area contributed by atoms with E-state index < -0.39 is 5.97 Å². The van der Waals surface area contributed by atoms with Gasteiger partial charge in [0, 0.05) is 18.8 Å². The smallest absolute Gasteiger partial charge is 0.307 e. The Balaban J connectivity index is 1.46. The minimum Gasteiger partial charge on any atom is -0.497 e. The van der Waals surface area contributed by atoms with Crippen LogP contribution in [0.2, 0.25) is 0 Å². The Morgan fingerprint density at radius 3 is 2.44 bits per heavy atom. The van der Waals surface area contributed by atoms with E-state index in [1.165, 1.54) is 0 Å². The van der Waals surface area contributed by atoms with Crippen LogP contribution >= 0.6 is 0 Å². The van der Waals surface area contributed by atoms with Gasteiger partial charge in [0.2, 0.25) is 0 Å². The molecule has 1 aliphatic carbocycles. The highest BCUT2D eigenvalue weighted by molar-refractivity contribution is 5.92. The van der Waals surface area contributed by atoms with Crippen molar-refractivity contribution in [2.75, 3.05) is 20.2 Å². The standard InChI is InChI=1S/C20H23N3O4/c1-13-11-17(21-23(13)14-3-5-15(27-2)6-4-14)18(24)22-9-7-20(8-10-22)12-16(20)19(25)26/h3-6,11,16H,7-10,12H2,1-2H3,(H,25,26). The Morgan fingerprint density at radius 1 is 1.22 bits per heavy atom. The van der Waals surface area contributed by atoms with Crippen molar-refractivity contribution in [3.63, 3.8) is 0 Å².